The molecule has 1 aromatic heterocycles. The molecule has 7 nitrogen and oxygen atoms in total. The van der Waals surface area contributed by atoms with Crippen molar-refractivity contribution >= 4 is 46.1 Å². The van der Waals surface area contributed by atoms with Gasteiger partial charge in [-0.2, -0.15) is 5.26 Å². The summed E-state index contributed by atoms with van der Waals surface area (Å²) in [6.07, 6.45) is 5.62. The second-order valence-electron chi connectivity index (χ2n) is 11.0. The first-order chi connectivity index (χ1) is 20.8. The zero-order chi connectivity index (χ0) is 30.5. The van der Waals surface area contributed by atoms with Gasteiger partial charge < -0.3 is 9.64 Å². The summed E-state index contributed by atoms with van der Waals surface area (Å²) in [5, 5.41) is 9.98. The number of carbonyl (C=O) groups is 1. The van der Waals surface area contributed by atoms with Crippen molar-refractivity contribution in [2.24, 2.45) is 5.92 Å². The van der Waals surface area contributed by atoms with Gasteiger partial charge in [-0.15, -0.1) is 0 Å². The molecule has 2 aliphatic heterocycles. The fourth-order valence-corrected chi connectivity index (χ4v) is 7.13. The van der Waals surface area contributed by atoms with Crippen LogP contribution in [0, 0.1) is 24.2 Å². The Kier molecular flexibility index (Phi) is 9.69. The maximum Gasteiger partial charge on any atom is 0.270 e. The number of methoxy groups -OCH3 is 1. The molecule has 222 valence electrons. The summed E-state index contributed by atoms with van der Waals surface area (Å²) in [6, 6.07) is 20.3. The Morgan fingerprint density at radius 2 is 1.77 bits per heavy atom. The van der Waals surface area contributed by atoms with Crippen LogP contribution < -0.4 is 15.2 Å². The monoisotopic (exact) mass is 612 g/mol. The van der Waals surface area contributed by atoms with Crippen molar-refractivity contribution in [3.8, 4) is 11.8 Å². The maximum absolute atomic E-state index is 13.7. The lowest BCUT2D eigenvalue weighted by molar-refractivity contribution is -0.122. The van der Waals surface area contributed by atoms with Crippen LogP contribution in [0.5, 0.6) is 5.75 Å². The molecule has 0 N–H and O–H groups in total. The minimum atomic E-state index is -0.271. The molecule has 5 rings (SSSR count). The van der Waals surface area contributed by atoms with Gasteiger partial charge in [0.25, 0.3) is 11.5 Å². The average Bonchev–Trinajstić information content (AvgIpc) is 3.28. The number of hydrogen-bond acceptors (Lipinski definition) is 7. The minimum Gasteiger partial charge on any atom is -0.497 e. The van der Waals surface area contributed by atoms with Crippen molar-refractivity contribution in [2.45, 2.75) is 52.6 Å². The Balaban J connectivity index is 1.48. The van der Waals surface area contributed by atoms with Gasteiger partial charge in [-0.25, -0.2) is 0 Å². The first-order valence-electron chi connectivity index (χ1n) is 14.7. The highest BCUT2D eigenvalue weighted by Gasteiger charge is 2.34. The summed E-state index contributed by atoms with van der Waals surface area (Å²) in [5.41, 5.74) is 3.48. The van der Waals surface area contributed by atoms with Gasteiger partial charge >= 0.3 is 0 Å². The Bertz CT molecular complexity index is 1630. The molecular weight excluding hydrogens is 577 g/mol. The van der Waals surface area contributed by atoms with E-state index in [0.29, 0.717) is 33.8 Å². The number of hydrogen-bond donors (Lipinski definition) is 0. The van der Waals surface area contributed by atoms with Crippen LogP contribution in [0.15, 0.2) is 64.3 Å². The lowest BCUT2D eigenvalue weighted by Crippen LogP contribution is -2.40. The summed E-state index contributed by atoms with van der Waals surface area (Å²) in [7, 11) is 1.62. The predicted molar refractivity (Wildman–Crippen MR) is 177 cm³/mol. The fourth-order valence-electron chi connectivity index (χ4n) is 5.89. The van der Waals surface area contributed by atoms with Gasteiger partial charge in [0.2, 0.25) is 0 Å². The number of pyridine rings is 1. The van der Waals surface area contributed by atoms with Crippen molar-refractivity contribution in [3.63, 3.8) is 0 Å². The molecule has 1 amide bonds. The summed E-state index contributed by atoms with van der Waals surface area (Å²) < 4.78 is 7.48. The highest BCUT2D eigenvalue weighted by molar-refractivity contribution is 8.26. The van der Waals surface area contributed by atoms with Gasteiger partial charge in [0.1, 0.15) is 27.5 Å². The molecule has 2 aliphatic rings. The molecule has 43 heavy (non-hydrogen) atoms. The second kappa shape index (κ2) is 13.6. The van der Waals surface area contributed by atoms with E-state index in [4.69, 9.17) is 17.0 Å². The number of nitrogens with zero attached hydrogens (tertiary/aromatic N) is 4. The highest BCUT2D eigenvalue weighted by Crippen LogP contribution is 2.37. The van der Waals surface area contributed by atoms with Crippen molar-refractivity contribution < 1.29 is 9.53 Å². The largest absolute Gasteiger partial charge is 0.497 e. The van der Waals surface area contributed by atoms with Gasteiger partial charge in [0.05, 0.1) is 18.6 Å². The Morgan fingerprint density at radius 1 is 1.07 bits per heavy atom. The molecular formula is C34H36N4O3S2. The van der Waals surface area contributed by atoms with Crippen molar-refractivity contribution in [3.05, 3.63) is 97.7 Å². The average molecular weight is 613 g/mol. The molecule has 0 unspecified atom stereocenters. The first-order valence-corrected chi connectivity index (χ1v) is 15.9. The number of amides is 1. The highest BCUT2D eigenvalue weighted by atomic mass is 32.2. The number of anilines is 1. The number of carbonyl (C=O) groups excluding carboxylic acids is 1. The van der Waals surface area contributed by atoms with E-state index in [9.17, 15) is 14.9 Å². The lowest BCUT2D eigenvalue weighted by Gasteiger charge is -2.36. The van der Waals surface area contributed by atoms with Gasteiger partial charge in [-0.1, -0.05) is 73.4 Å². The number of ether oxygens (including phenoxy) is 1. The van der Waals surface area contributed by atoms with Crippen LogP contribution in [0.4, 0.5) is 5.82 Å². The standard InChI is InChI=1S/C34H36N4O3S2/c1-4-16-37-31(36-17-14-25(15-18-36)19-24-8-6-5-7-9-24)28(23(2)29(21-35)32(37)39)20-30-33(40)38(34(42)43-30)22-26-10-12-27(41-3)13-11-26/h5-13,20,25H,4,14-19,22H2,1-3H3. The summed E-state index contributed by atoms with van der Waals surface area (Å²) in [5.74, 6) is 1.92. The number of thioether (sulfide) groups is 1. The third-order valence-electron chi connectivity index (χ3n) is 8.22. The molecule has 3 aromatic rings. The van der Waals surface area contributed by atoms with Crippen LogP contribution >= 0.6 is 24.0 Å². The Labute approximate surface area is 262 Å². The van der Waals surface area contributed by atoms with Crippen LogP contribution in [0.2, 0.25) is 0 Å². The third-order valence-corrected chi connectivity index (χ3v) is 9.60. The molecule has 2 fully saturated rings. The molecule has 0 saturated carbocycles. The van der Waals surface area contributed by atoms with E-state index in [-0.39, 0.29) is 17.0 Å². The lowest BCUT2D eigenvalue weighted by atomic mass is 9.90. The quantitative estimate of drug-likeness (QED) is 0.207. The van der Waals surface area contributed by atoms with Crippen LogP contribution in [0.25, 0.3) is 6.08 Å². The molecule has 0 atom stereocenters. The van der Waals surface area contributed by atoms with E-state index in [1.165, 1.54) is 17.3 Å². The molecule has 3 heterocycles. The Morgan fingerprint density at radius 3 is 2.40 bits per heavy atom. The molecule has 9 heteroatoms. The number of aromatic nitrogens is 1. The van der Waals surface area contributed by atoms with Crippen molar-refractivity contribution in [1.82, 2.24) is 9.47 Å². The zero-order valence-electron chi connectivity index (χ0n) is 24.8. The Hall–Kier alpha value is -3.87. The molecule has 0 aliphatic carbocycles. The summed E-state index contributed by atoms with van der Waals surface area (Å²) in [6.45, 7) is 6.28. The normalized spacial score (nSPS) is 16.7. The molecule has 2 saturated heterocycles. The second-order valence-corrected chi connectivity index (χ2v) is 12.7. The van der Waals surface area contributed by atoms with E-state index in [1.807, 2.05) is 50.3 Å². The fraction of sp³-hybridized carbons (Fsp3) is 0.353. The number of piperidine rings is 1. The van der Waals surface area contributed by atoms with Crippen molar-refractivity contribution in [2.75, 3.05) is 25.1 Å². The minimum absolute atomic E-state index is 0.121. The third kappa shape index (κ3) is 6.56. The summed E-state index contributed by atoms with van der Waals surface area (Å²) >= 11 is 6.90. The molecule has 0 spiro atoms. The first kappa shape index (κ1) is 30.6. The van der Waals surface area contributed by atoms with Gasteiger partial charge in [-0.3, -0.25) is 19.1 Å². The van der Waals surface area contributed by atoms with Gasteiger partial charge in [0, 0.05) is 25.2 Å². The van der Waals surface area contributed by atoms with E-state index < -0.39 is 0 Å². The predicted octanol–water partition coefficient (Wildman–Crippen LogP) is 6.31. The van der Waals surface area contributed by atoms with Gasteiger partial charge in [0.15, 0.2) is 0 Å². The topological polar surface area (TPSA) is 78.6 Å². The number of benzene rings is 2. The maximum atomic E-state index is 13.7. The zero-order valence-corrected chi connectivity index (χ0v) is 26.5. The van der Waals surface area contributed by atoms with Crippen molar-refractivity contribution in [1.29, 1.82) is 5.26 Å². The number of thiocarbonyl (C=S) groups is 1. The molecule has 2 aromatic carbocycles. The van der Waals surface area contributed by atoms with Crippen LogP contribution in [0.3, 0.4) is 0 Å². The van der Waals surface area contributed by atoms with Crippen LogP contribution in [-0.2, 0) is 24.3 Å². The van der Waals surface area contributed by atoms with Gasteiger partial charge in [-0.05, 0) is 73.4 Å². The van der Waals surface area contributed by atoms with E-state index in [1.54, 1.807) is 16.6 Å². The van der Waals surface area contributed by atoms with E-state index >= 15 is 0 Å². The van der Waals surface area contributed by atoms with Crippen LogP contribution in [-0.4, -0.2) is 39.9 Å². The molecule has 0 radical (unpaired) electrons. The summed E-state index contributed by atoms with van der Waals surface area (Å²) in [4.78, 5) is 31.6. The number of rotatable bonds is 9. The van der Waals surface area contributed by atoms with Crippen LogP contribution in [0.1, 0.15) is 54.0 Å². The van der Waals surface area contributed by atoms with E-state index in [0.717, 1.165) is 61.5 Å². The molecule has 0 bridgehead atoms. The van der Waals surface area contributed by atoms with E-state index in [2.05, 4.69) is 35.2 Å². The SMILES string of the molecule is CCCn1c(N2CCC(Cc3ccccc3)CC2)c(C=C2SC(=S)N(Cc3ccc(OC)cc3)C2=O)c(C)c(C#N)c1=O. The smallest absolute Gasteiger partial charge is 0.270 e. The number of nitriles is 1.